The molecule has 0 fully saturated rings. The highest BCUT2D eigenvalue weighted by Crippen LogP contribution is 2.22. The van der Waals surface area contributed by atoms with Gasteiger partial charge in [0.15, 0.2) is 0 Å². The maximum Gasteiger partial charge on any atom is 0.149 e. The fraction of sp³-hybridized carbons (Fsp3) is 0.200. The Bertz CT molecular complexity index is 281. The topological polar surface area (TPSA) is 35.2 Å². The summed E-state index contributed by atoms with van der Waals surface area (Å²) in [5.74, 6) is 0.685. The first-order valence-corrected chi connectivity index (χ1v) is 3.94. The monoisotopic (exact) mass is 163 g/mol. The second-order valence-electron chi connectivity index (χ2n) is 2.51. The van der Waals surface area contributed by atoms with E-state index in [1.807, 2.05) is 18.2 Å². The number of anilines is 1. The molecule has 12 heavy (non-hydrogen) atoms. The summed E-state index contributed by atoms with van der Waals surface area (Å²) in [5, 5.41) is 0. The Morgan fingerprint density at radius 1 is 1.58 bits per heavy atom. The standard InChI is InChI=1S/C10H13NO/c1-3-8-5-6-9(11)10(7-8)12-4-2/h4-7H,2-3,11H2,1H3. The molecule has 2 N–H and O–H groups in total. The lowest BCUT2D eigenvalue weighted by molar-refractivity contribution is 0.485. The fourth-order valence-corrected chi connectivity index (χ4v) is 0.991. The summed E-state index contributed by atoms with van der Waals surface area (Å²) < 4.78 is 5.12. The maximum atomic E-state index is 5.66. The van der Waals surface area contributed by atoms with Crippen LogP contribution in [0.15, 0.2) is 31.0 Å². The summed E-state index contributed by atoms with van der Waals surface area (Å²) in [6.45, 7) is 5.56. The van der Waals surface area contributed by atoms with Crippen molar-refractivity contribution in [3.05, 3.63) is 36.6 Å². The van der Waals surface area contributed by atoms with Gasteiger partial charge in [-0.25, -0.2) is 0 Å². The van der Waals surface area contributed by atoms with Crippen molar-refractivity contribution in [3.63, 3.8) is 0 Å². The molecule has 0 amide bonds. The highest BCUT2D eigenvalue weighted by atomic mass is 16.5. The Morgan fingerprint density at radius 3 is 2.92 bits per heavy atom. The third-order valence-electron chi connectivity index (χ3n) is 1.70. The zero-order valence-corrected chi connectivity index (χ0v) is 7.21. The van der Waals surface area contributed by atoms with Gasteiger partial charge < -0.3 is 10.5 Å². The van der Waals surface area contributed by atoms with Gasteiger partial charge in [-0.2, -0.15) is 0 Å². The number of aryl methyl sites for hydroxylation is 1. The Kier molecular flexibility index (Phi) is 2.75. The second-order valence-corrected chi connectivity index (χ2v) is 2.51. The Morgan fingerprint density at radius 2 is 2.33 bits per heavy atom. The van der Waals surface area contributed by atoms with Crippen LogP contribution in [0.4, 0.5) is 5.69 Å². The van der Waals surface area contributed by atoms with Crippen LogP contribution >= 0.6 is 0 Å². The average molecular weight is 163 g/mol. The molecule has 0 spiro atoms. The van der Waals surface area contributed by atoms with Gasteiger partial charge in [0.1, 0.15) is 5.75 Å². The van der Waals surface area contributed by atoms with Crippen molar-refractivity contribution in [1.82, 2.24) is 0 Å². The molecule has 1 rings (SSSR count). The molecule has 0 bridgehead atoms. The van der Waals surface area contributed by atoms with Crippen molar-refractivity contribution >= 4 is 5.69 Å². The predicted molar refractivity (Wildman–Crippen MR) is 51.1 cm³/mol. The molecule has 0 aliphatic rings. The van der Waals surface area contributed by atoms with Crippen molar-refractivity contribution in [3.8, 4) is 5.75 Å². The number of hydrogen-bond donors (Lipinski definition) is 1. The smallest absolute Gasteiger partial charge is 0.149 e. The van der Waals surface area contributed by atoms with Gasteiger partial charge in [-0.1, -0.05) is 19.6 Å². The van der Waals surface area contributed by atoms with Crippen molar-refractivity contribution in [2.45, 2.75) is 13.3 Å². The molecule has 2 heteroatoms. The van der Waals surface area contributed by atoms with E-state index < -0.39 is 0 Å². The van der Waals surface area contributed by atoms with Crippen LogP contribution in [-0.4, -0.2) is 0 Å². The molecule has 0 aromatic heterocycles. The van der Waals surface area contributed by atoms with Gasteiger partial charge in [-0.05, 0) is 24.1 Å². The van der Waals surface area contributed by atoms with Crippen LogP contribution in [0, 0.1) is 0 Å². The summed E-state index contributed by atoms with van der Waals surface area (Å²) in [6, 6.07) is 5.76. The Balaban J connectivity index is 2.99. The third-order valence-corrected chi connectivity index (χ3v) is 1.70. The van der Waals surface area contributed by atoms with E-state index in [-0.39, 0.29) is 0 Å². The van der Waals surface area contributed by atoms with Crippen LogP contribution in [0.1, 0.15) is 12.5 Å². The molecule has 0 unspecified atom stereocenters. The minimum Gasteiger partial charge on any atom is -0.463 e. The number of hydrogen-bond acceptors (Lipinski definition) is 2. The van der Waals surface area contributed by atoms with Crippen LogP contribution < -0.4 is 10.5 Å². The summed E-state index contributed by atoms with van der Waals surface area (Å²) in [6.07, 6.45) is 2.36. The molecular weight excluding hydrogens is 150 g/mol. The molecule has 0 heterocycles. The van der Waals surface area contributed by atoms with E-state index in [2.05, 4.69) is 13.5 Å². The first kappa shape index (κ1) is 8.65. The van der Waals surface area contributed by atoms with Crippen LogP contribution in [0.3, 0.4) is 0 Å². The normalized spacial score (nSPS) is 9.42. The highest BCUT2D eigenvalue weighted by Gasteiger charge is 1.98. The van der Waals surface area contributed by atoms with Gasteiger partial charge in [0, 0.05) is 0 Å². The number of rotatable bonds is 3. The molecule has 0 radical (unpaired) electrons. The minimum atomic E-state index is 0.645. The van der Waals surface area contributed by atoms with Gasteiger partial charge in [0.05, 0.1) is 11.9 Å². The fourth-order valence-electron chi connectivity index (χ4n) is 0.991. The lowest BCUT2D eigenvalue weighted by Gasteiger charge is -2.05. The van der Waals surface area contributed by atoms with E-state index in [1.54, 1.807) is 0 Å². The summed E-state index contributed by atoms with van der Waals surface area (Å²) >= 11 is 0. The molecule has 0 aliphatic carbocycles. The van der Waals surface area contributed by atoms with Gasteiger partial charge in [0.25, 0.3) is 0 Å². The lowest BCUT2D eigenvalue weighted by atomic mass is 10.1. The largest absolute Gasteiger partial charge is 0.463 e. The third kappa shape index (κ3) is 1.78. The lowest BCUT2D eigenvalue weighted by Crippen LogP contribution is -1.92. The summed E-state index contributed by atoms with van der Waals surface area (Å²) in [5.41, 5.74) is 7.51. The van der Waals surface area contributed by atoms with E-state index in [1.165, 1.54) is 11.8 Å². The number of ether oxygens (including phenoxy) is 1. The molecule has 2 nitrogen and oxygen atoms in total. The number of nitrogens with two attached hydrogens (primary N) is 1. The van der Waals surface area contributed by atoms with Crippen LogP contribution in [-0.2, 0) is 6.42 Å². The van der Waals surface area contributed by atoms with Crippen molar-refractivity contribution in [2.24, 2.45) is 0 Å². The first-order valence-electron chi connectivity index (χ1n) is 3.94. The van der Waals surface area contributed by atoms with Crippen LogP contribution in [0.2, 0.25) is 0 Å². The highest BCUT2D eigenvalue weighted by molar-refractivity contribution is 5.54. The summed E-state index contributed by atoms with van der Waals surface area (Å²) in [7, 11) is 0. The molecular formula is C10H13NO. The average Bonchev–Trinajstić information content (AvgIpc) is 2.09. The Hall–Kier alpha value is -1.44. The van der Waals surface area contributed by atoms with E-state index in [4.69, 9.17) is 10.5 Å². The van der Waals surface area contributed by atoms with Crippen molar-refractivity contribution in [2.75, 3.05) is 5.73 Å². The molecule has 1 aromatic rings. The predicted octanol–water partition coefficient (Wildman–Crippen LogP) is 2.35. The van der Waals surface area contributed by atoms with Gasteiger partial charge >= 0.3 is 0 Å². The van der Waals surface area contributed by atoms with E-state index in [0.717, 1.165) is 6.42 Å². The van der Waals surface area contributed by atoms with Gasteiger partial charge in [-0.15, -0.1) is 0 Å². The van der Waals surface area contributed by atoms with Gasteiger partial charge in [0.2, 0.25) is 0 Å². The molecule has 0 saturated carbocycles. The first-order chi connectivity index (χ1) is 5.77. The number of benzene rings is 1. The maximum absolute atomic E-state index is 5.66. The number of nitrogen functional groups attached to an aromatic ring is 1. The molecule has 0 aliphatic heterocycles. The molecule has 1 aromatic carbocycles. The van der Waals surface area contributed by atoms with E-state index in [0.29, 0.717) is 11.4 Å². The van der Waals surface area contributed by atoms with E-state index >= 15 is 0 Å². The van der Waals surface area contributed by atoms with Crippen LogP contribution in [0.25, 0.3) is 0 Å². The molecule has 0 saturated heterocycles. The van der Waals surface area contributed by atoms with Crippen molar-refractivity contribution < 1.29 is 4.74 Å². The molecule has 64 valence electrons. The van der Waals surface area contributed by atoms with E-state index in [9.17, 15) is 0 Å². The Labute approximate surface area is 72.7 Å². The van der Waals surface area contributed by atoms with Gasteiger partial charge in [-0.3, -0.25) is 0 Å². The second kappa shape index (κ2) is 3.81. The zero-order chi connectivity index (χ0) is 8.97. The zero-order valence-electron chi connectivity index (χ0n) is 7.21. The quantitative estimate of drug-likeness (QED) is 0.548. The SMILES string of the molecule is C=COc1cc(CC)ccc1N. The molecule has 0 atom stereocenters. The minimum absolute atomic E-state index is 0.645. The van der Waals surface area contributed by atoms with Crippen LogP contribution in [0.5, 0.6) is 5.75 Å². The summed E-state index contributed by atoms with van der Waals surface area (Å²) in [4.78, 5) is 0. The van der Waals surface area contributed by atoms with Crippen molar-refractivity contribution in [1.29, 1.82) is 0 Å².